The molecule has 3 N–H and O–H groups in total. The van der Waals surface area contributed by atoms with Crippen LogP contribution in [0.5, 0.6) is 0 Å². The number of aliphatic hydroxyl groups is 1. The van der Waals surface area contributed by atoms with Gasteiger partial charge >= 0.3 is 5.97 Å². The molecule has 0 aliphatic rings. The Labute approximate surface area is 79.1 Å². The highest BCUT2D eigenvalue weighted by Crippen LogP contribution is 2.20. The molecule has 1 atom stereocenters. The van der Waals surface area contributed by atoms with Gasteiger partial charge < -0.3 is 15.6 Å². The predicted molar refractivity (Wildman–Crippen MR) is 50.1 cm³/mol. The van der Waals surface area contributed by atoms with Crippen molar-refractivity contribution in [3.63, 3.8) is 0 Å². The lowest BCUT2D eigenvalue weighted by atomic mass is 9.87. The molecule has 0 fully saturated rings. The van der Waals surface area contributed by atoms with Gasteiger partial charge in [-0.15, -0.1) is 0 Å². The van der Waals surface area contributed by atoms with Gasteiger partial charge in [0.1, 0.15) is 6.04 Å². The van der Waals surface area contributed by atoms with Crippen molar-refractivity contribution >= 4 is 5.97 Å². The Morgan fingerprint density at radius 3 is 2.54 bits per heavy atom. The van der Waals surface area contributed by atoms with Gasteiger partial charge in [-0.25, -0.2) is 0 Å². The summed E-state index contributed by atoms with van der Waals surface area (Å²) in [5.74, 6) is -0.399. The summed E-state index contributed by atoms with van der Waals surface area (Å²) >= 11 is 0. The van der Waals surface area contributed by atoms with Crippen molar-refractivity contribution in [3.05, 3.63) is 0 Å². The van der Waals surface area contributed by atoms with E-state index >= 15 is 0 Å². The maximum absolute atomic E-state index is 11.1. The highest BCUT2D eigenvalue weighted by molar-refractivity contribution is 5.75. The van der Waals surface area contributed by atoms with Gasteiger partial charge in [-0.3, -0.25) is 4.79 Å². The highest BCUT2D eigenvalue weighted by Gasteiger charge is 2.25. The molecule has 0 amide bonds. The minimum Gasteiger partial charge on any atom is -0.465 e. The van der Waals surface area contributed by atoms with Gasteiger partial charge in [0.15, 0.2) is 0 Å². The topological polar surface area (TPSA) is 72.5 Å². The molecule has 0 spiro atoms. The van der Waals surface area contributed by atoms with E-state index in [0.717, 1.165) is 0 Å². The molecule has 0 saturated heterocycles. The molecule has 4 heteroatoms. The number of carbonyl (C=O) groups excluding carboxylic acids is 1. The lowest BCUT2D eigenvalue weighted by Gasteiger charge is -2.24. The number of aliphatic hydroxyl groups excluding tert-OH is 1. The van der Waals surface area contributed by atoms with Crippen molar-refractivity contribution < 1.29 is 14.6 Å². The second-order valence-electron chi connectivity index (χ2n) is 3.88. The monoisotopic (exact) mass is 189 g/mol. The lowest BCUT2D eigenvalue weighted by Crippen LogP contribution is -2.37. The quantitative estimate of drug-likeness (QED) is 0.609. The number of hydrogen-bond acceptors (Lipinski definition) is 4. The highest BCUT2D eigenvalue weighted by atomic mass is 16.5. The van der Waals surface area contributed by atoms with Crippen LogP contribution in [0.25, 0.3) is 0 Å². The third-order valence-corrected chi connectivity index (χ3v) is 1.79. The maximum atomic E-state index is 11.1. The summed E-state index contributed by atoms with van der Waals surface area (Å²) in [7, 11) is 0. The largest absolute Gasteiger partial charge is 0.465 e. The van der Waals surface area contributed by atoms with Crippen LogP contribution < -0.4 is 5.73 Å². The Kier molecular flexibility index (Phi) is 4.95. The first-order valence-corrected chi connectivity index (χ1v) is 4.46. The maximum Gasteiger partial charge on any atom is 0.322 e. The van der Waals surface area contributed by atoms with Gasteiger partial charge in [0.05, 0.1) is 6.61 Å². The Bertz CT molecular complexity index is 168. The molecular weight excluding hydrogens is 170 g/mol. The van der Waals surface area contributed by atoms with E-state index < -0.39 is 12.0 Å². The van der Waals surface area contributed by atoms with Gasteiger partial charge in [-0.1, -0.05) is 13.8 Å². The Balaban J connectivity index is 3.99. The van der Waals surface area contributed by atoms with Crippen molar-refractivity contribution in [1.29, 1.82) is 0 Å². The summed E-state index contributed by atoms with van der Waals surface area (Å²) in [6.45, 7) is 5.80. The van der Waals surface area contributed by atoms with E-state index in [1.54, 1.807) is 6.92 Å². The van der Waals surface area contributed by atoms with Crippen molar-refractivity contribution in [2.45, 2.75) is 33.2 Å². The third-order valence-electron chi connectivity index (χ3n) is 1.79. The van der Waals surface area contributed by atoms with Gasteiger partial charge in [0.25, 0.3) is 0 Å². The fourth-order valence-corrected chi connectivity index (χ4v) is 0.993. The molecule has 0 aromatic rings. The van der Waals surface area contributed by atoms with E-state index in [2.05, 4.69) is 0 Å². The van der Waals surface area contributed by atoms with Crippen LogP contribution in [0.4, 0.5) is 0 Å². The Morgan fingerprint density at radius 2 is 2.15 bits per heavy atom. The molecule has 0 heterocycles. The molecule has 0 aromatic carbocycles. The summed E-state index contributed by atoms with van der Waals surface area (Å²) < 4.78 is 4.75. The molecule has 0 saturated carbocycles. The van der Waals surface area contributed by atoms with Gasteiger partial charge in [0, 0.05) is 6.61 Å². The Morgan fingerprint density at radius 1 is 1.62 bits per heavy atom. The fraction of sp³-hybridized carbons (Fsp3) is 0.889. The van der Waals surface area contributed by atoms with Crippen LogP contribution in [0.15, 0.2) is 0 Å². The zero-order valence-electron chi connectivity index (χ0n) is 8.54. The summed E-state index contributed by atoms with van der Waals surface area (Å²) in [4.78, 5) is 11.1. The second kappa shape index (κ2) is 5.19. The minimum absolute atomic E-state index is 0.0140. The molecule has 1 unspecified atom stereocenters. The summed E-state index contributed by atoms with van der Waals surface area (Å²) in [5.41, 5.74) is 5.25. The van der Waals surface area contributed by atoms with Gasteiger partial charge in [0.2, 0.25) is 0 Å². The van der Waals surface area contributed by atoms with E-state index in [4.69, 9.17) is 15.6 Å². The van der Waals surface area contributed by atoms with E-state index in [0.29, 0.717) is 13.0 Å². The van der Waals surface area contributed by atoms with Gasteiger partial charge in [-0.05, 0) is 18.8 Å². The minimum atomic E-state index is -0.637. The van der Waals surface area contributed by atoms with Crippen LogP contribution >= 0.6 is 0 Å². The first kappa shape index (κ1) is 12.4. The summed E-state index contributed by atoms with van der Waals surface area (Å²) in [6.07, 6.45) is 0.433. The fourth-order valence-electron chi connectivity index (χ4n) is 0.993. The molecule has 78 valence electrons. The molecule has 0 aromatic heterocycles. The van der Waals surface area contributed by atoms with Crippen LogP contribution in [-0.4, -0.2) is 30.3 Å². The molecule has 0 radical (unpaired) electrons. The summed E-state index contributed by atoms with van der Waals surface area (Å²) in [6, 6.07) is -0.637. The molecule has 0 aliphatic heterocycles. The number of rotatable bonds is 5. The van der Waals surface area contributed by atoms with E-state index in [-0.39, 0.29) is 12.0 Å². The summed E-state index contributed by atoms with van der Waals surface area (Å²) in [5, 5.41) is 8.95. The van der Waals surface area contributed by atoms with Gasteiger partial charge in [-0.2, -0.15) is 0 Å². The van der Waals surface area contributed by atoms with Crippen LogP contribution in [-0.2, 0) is 9.53 Å². The normalized spacial score (nSPS) is 13.9. The molecular formula is C9H19NO3. The standard InChI is InChI=1S/C9H19NO3/c1-4-13-8(12)7(10)5-9(2,3)6-11/h7,11H,4-6,10H2,1-3H3. The van der Waals surface area contributed by atoms with Crippen molar-refractivity contribution in [2.75, 3.05) is 13.2 Å². The zero-order valence-corrected chi connectivity index (χ0v) is 8.54. The molecule has 0 aliphatic carbocycles. The average molecular weight is 189 g/mol. The SMILES string of the molecule is CCOC(=O)C(N)CC(C)(C)CO. The predicted octanol–water partition coefficient (Wildman–Crippen LogP) is 0.285. The lowest BCUT2D eigenvalue weighted by molar-refractivity contribution is -0.145. The van der Waals surface area contributed by atoms with Crippen molar-refractivity contribution in [3.8, 4) is 0 Å². The van der Waals surface area contributed by atoms with Crippen molar-refractivity contribution in [1.82, 2.24) is 0 Å². The smallest absolute Gasteiger partial charge is 0.322 e. The Hall–Kier alpha value is -0.610. The first-order valence-electron chi connectivity index (χ1n) is 4.46. The number of nitrogens with two attached hydrogens (primary N) is 1. The van der Waals surface area contributed by atoms with Crippen LogP contribution in [0.3, 0.4) is 0 Å². The number of carbonyl (C=O) groups is 1. The number of ether oxygens (including phenoxy) is 1. The molecule has 4 nitrogen and oxygen atoms in total. The molecule has 0 bridgehead atoms. The number of hydrogen-bond donors (Lipinski definition) is 2. The van der Waals surface area contributed by atoms with E-state index in [9.17, 15) is 4.79 Å². The van der Waals surface area contributed by atoms with Crippen LogP contribution in [0.1, 0.15) is 27.2 Å². The first-order chi connectivity index (χ1) is 5.93. The average Bonchev–Trinajstić information content (AvgIpc) is 2.04. The van der Waals surface area contributed by atoms with E-state index in [1.807, 2.05) is 13.8 Å². The van der Waals surface area contributed by atoms with Crippen LogP contribution in [0, 0.1) is 5.41 Å². The zero-order chi connectivity index (χ0) is 10.5. The van der Waals surface area contributed by atoms with Crippen molar-refractivity contribution in [2.24, 2.45) is 11.1 Å². The number of esters is 1. The van der Waals surface area contributed by atoms with Crippen LogP contribution in [0.2, 0.25) is 0 Å². The van der Waals surface area contributed by atoms with E-state index in [1.165, 1.54) is 0 Å². The molecule has 0 rings (SSSR count). The third kappa shape index (κ3) is 4.85. The second-order valence-corrected chi connectivity index (χ2v) is 3.88. The molecule has 13 heavy (non-hydrogen) atoms.